The number of hydrogen-bond donors (Lipinski definition) is 0. The van der Waals surface area contributed by atoms with Gasteiger partial charge in [-0.3, -0.25) is 4.79 Å². The van der Waals surface area contributed by atoms with Gasteiger partial charge >= 0.3 is 0 Å². The second kappa shape index (κ2) is 9.02. The van der Waals surface area contributed by atoms with Crippen LogP contribution in [-0.4, -0.2) is 5.78 Å². The Morgan fingerprint density at radius 1 is 1.25 bits per heavy atom. The monoisotopic (exact) mass is 290 g/mol. The normalized spacial score (nSPS) is 11.9. The van der Waals surface area contributed by atoms with Crippen molar-refractivity contribution in [1.82, 2.24) is 0 Å². The van der Waals surface area contributed by atoms with Gasteiger partial charge in [0, 0.05) is 16.7 Å². The highest BCUT2D eigenvalue weighted by Crippen LogP contribution is 2.27. The van der Waals surface area contributed by atoms with Gasteiger partial charge < -0.3 is 0 Å². The lowest BCUT2D eigenvalue weighted by molar-refractivity contribution is -0.127. The van der Waals surface area contributed by atoms with Gasteiger partial charge in [0.1, 0.15) is 5.78 Å². The topological polar surface area (TPSA) is 17.1 Å². The van der Waals surface area contributed by atoms with Crippen molar-refractivity contribution in [2.75, 3.05) is 0 Å². The van der Waals surface area contributed by atoms with Crippen molar-refractivity contribution in [2.45, 2.75) is 57.8 Å². The third-order valence-corrected chi connectivity index (χ3v) is 4.36. The molecule has 0 aliphatic heterocycles. The van der Waals surface area contributed by atoms with Crippen LogP contribution in [0.2, 0.25) is 0 Å². The van der Waals surface area contributed by atoms with E-state index in [4.69, 9.17) is 0 Å². The van der Waals surface area contributed by atoms with E-state index in [1.165, 1.54) is 4.90 Å². The first-order chi connectivity index (χ1) is 9.56. The summed E-state index contributed by atoms with van der Waals surface area (Å²) in [5.41, 5.74) is -0.184. The Bertz CT molecular complexity index is 420. The smallest absolute Gasteiger partial charge is 0.138 e. The summed E-state index contributed by atoms with van der Waals surface area (Å²) in [4.78, 5) is 13.3. The average molecular weight is 290 g/mol. The van der Waals surface area contributed by atoms with Crippen molar-refractivity contribution in [1.29, 1.82) is 0 Å². The molecule has 0 aliphatic carbocycles. The van der Waals surface area contributed by atoms with Crippen LogP contribution in [0.25, 0.3) is 0 Å². The minimum Gasteiger partial charge on any atom is -0.299 e. The van der Waals surface area contributed by atoms with Crippen molar-refractivity contribution >= 4 is 17.5 Å². The molecule has 1 aromatic carbocycles. The first-order valence-electron chi connectivity index (χ1n) is 7.46. The number of allylic oxidation sites excluding steroid dienone is 1. The van der Waals surface area contributed by atoms with Crippen LogP contribution in [0.1, 0.15) is 52.9 Å². The van der Waals surface area contributed by atoms with Crippen LogP contribution in [0.15, 0.2) is 46.7 Å². The highest BCUT2D eigenvalue weighted by atomic mass is 32.2. The van der Waals surface area contributed by atoms with Crippen molar-refractivity contribution in [2.24, 2.45) is 5.41 Å². The second-order valence-electron chi connectivity index (χ2n) is 5.75. The summed E-state index contributed by atoms with van der Waals surface area (Å²) < 4.78 is 0. The second-order valence-corrected chi connectivity index (χ2v) is 6.73. The molecule has 0 aromatic heterocycles. The molecule has 0 unspecified atom stereocenters. The predicted molar refractivity (Wildman–Crippen MR) is 89.0 cm³/mol. The van der Waals surface area contributed by atoms with Gasteiger partial charge in [-0.2, -0.15) is 0 Å². The van der Waals surface area contributed by atoms with E-state index in [0.29, 0.717) is 5.78 Å². The van der Waals surface area contributed by atoms with Gasteiger partial charge in [-0.1, -0.05) is 63.2 Å². The summed E-state index contributed by atoms with van der Waals surface area (Å²) in [6.07, 6.45) is 6.90. The van der Waals surface area contributed by atoms with Crippen LogP contribution in [0.5, 0.6) is 0 Å². The molecule has 20 heavy (non-hydrogen) atoms. The summed E-state index contributed by atoms with van der Waals surface area (Å²) >= 11 is 1.73. The summed E-state index contributed by atoms with van der Waals surface area (Å²) in [5.74, 6) is 0.406. The van der Waals surface area contributed by atoms with E-state index in [1.54, 1.807) is 11.8 Å². The minimum absolute atomic E-state index is 0.184. The summed E-state index contributed by atoms with van der Waals surface area (Å²) in [6, 6.07) is 10.3. The van der Waals surface area contributed by atoms with E-state index < -0.39 is 0 Å². The number of benzene rings is 1. The fraction of sp³-hybridized carbons (Fsp3) is 0.500. The van der Waals surface area contributed by atoms with Crippen LogP contribution >= 0.6 is 11.8 Å². The van der Waals surface area contributed by atoms with E-state index in [2.05, 4.69) is 44.4 Å². The molecule has 0 aliphatic rings. The summed E-state index contributed by atoms with van der Waals surface area (Å²) in [6.45, 7) is 6.27. The molecule has 0 atom stereocenters. The van der Waals surface area contributed by atoms with Crippen LogP contribution in [0, 0.1) is 5.41 Å². The molecule has 0 radical (unpaired) electrons. The lowest BCUT2D eigenvalue weighted by Crippen LogP contribution is -2.23. The quantitative estimate of drug-likeness (QED) is 0.530. The highest BCUT2D eigenvalue weighted by Gasteiger charge is 2.25. The maximum absolute atomic E-state index is 12.1. The van der Waals surface area contributed by atoms with Gasteiger partial charge in [0.05, 0.1) is 0 Å². The molecular weight excluding hydrogens is 264 g/mol. The molecule has 2 heteroatoms. The van der Waals surface area contributed by atoms with Gasteiger partial charge in [0.15, 0.2) is 0 Å². The predicted octanol–water partition coefficient (Wildman–Crippen LogP) is 5.86. The van der Waals surface area contributed by atoms with E-state index in [1.807, 2.05) is 18.2 Å². The molecule has 1 aromatic rings. The third-order valence-electron chi connectivity index (χ3n) is 3.49. The Kier molecular flexibility index (Phi) is 7.68. The number of thioether (sulfide) groups is 1. The number of unbranched alkanes of at least 4 members (excludes halogenated alkanes) is 1. The zero-order chi connectivity index (χ0) is 14.8. The van der Waals surface area contributed by atoms with Crippen LogP contribution < -0.4 is 0 Å². The molecule has 1 rings (SSSR count). The maximum atomic E-state index is 12.1. The number of Topliss-reactive ketones (excluding diaryl/α,β-unsaturated/α-hetero) is 1. The molecule has 0 N–H and O–H groups in total. The van der Waals surface area contributed by atoms with Crippen molar-refractivity contribution in [3.05, 3.63) is 41.8 Å². The molecule has 0 amide bonds. The first kappa shape index (κ1) is 17.0. The molecule has 0 fully saturated rings. The van der Waals surface area contributed by atoms with Gasteiger partial charge in [-0.05, 0) is 36.8 Å². The SMILES string of the molecule is CCCCC(=O)C(C)(C)CCC=CSc1ccccc1. The lowest BCUT2D eigenvalue weighted by Gasteiger charge is -2.22. The lowest BCUT2D eigenvalue weighted by atomic mass is 9.81. The van der Waals surface area contributed by atoms with E-state index >= 15 is 0 Å². The number of ketones is 1. The molecule has 0 bridgehead atoms. The standard InChI is InChI=1S/C18H26OS/c1-4-5-13-17(19)18(2,3)14-9-10-15-20-16-11-7-6-8-12-16/h6-8,10-12,15H,4-5,9,13-14H2,1-3H3. The van der Waals surface area contributed by atoms with E-state index in [0.717, 1.165) is 32.1 Å². The molecule has 0 spiro atoms. The fourth-order valence-corrected chi connectivity index (χ4v) is 2.66. The van der Waals surface area contributed by atoms with Crippen molar-refractivity contribution in [3.8, 4) is 0 Å². The van der Waals surface area contributed by atoms with Gasteiger partial charge in [-0.15, -0.1) is 0 Å². The Labute approximate surface area is 127 Å². The van der Waals surface area contributed by atoms with Crippen molar-refractivity contribution < 1.29 is 4.79 Å². The average Bonchev–Trinajstić information content (AvgIpc) is 2.45. The van der Waals surface area contributed by atoms with Crippen LogP contribution in [0.4, 0.5) is 0 Å². The Balaban J connectivity index is 2.30. The van der Waals surface area contributed by atoms with E-state index in [-0.39, 0.29) is 5.41 Å². The van der Waals surface area contributed by atoms with Gasteiger partial charge in [0.2, 0.25) is 0 Å². The van der Waals surface area contributed by atoms with Crippen LogP contribution in [-0.2, 0) is 4.79 Å². The third kappa shape index (κ3) is 6.42. The molecule has 0 heterocycles. The fourth-order valence-electron chi connectivity index (χ4n) is 1.95. The maximum Gasteiger partial charge on any atom is 0.138 e. The number of hydrogen-bond acceptors (Lipinski definition) is 2. The largest absolute Gasteiger partial charge is 0.299 e. The molecule has 0 saturated heterocycles. The molecule has 110 valence electrons. The Morgan fingerprint density at radius 3 is 2.60 bits per heavy atom. The van der Waals surface area contributed by atoms with Gasteiger partial charge in [0.25, 0.3) is 0 Å². The van der Waals surface area contributed by atoms with Crippen LogP contribution in [0.3, 0.4) is 0 Å². The molecular formula is C18H26OS. The number of rotatable bonds is 9. The molecule has 0 saturated carbocycles. The number of carbonyl (C=O) groups is 1. The van der Waals surface area contributed by atoms with E-state index in [9.17, 15) is 4.79 Å². The Morgan fingerprint density at radius 2 is 1.95 bits per heavy atom. The summed E-state index contributed by atoms with van der Waals surface area (Å²) in [5, 5.41) is 2.13. The molecule has 1 nitrogen and oxygen atoms in total. The zero-order valence-electron chi connectivity index (χ0n) is 12.9. The van der Waals surface area contributed by atoms with Crippen molar-refractivity contribution in [3.63, 3.8) is 0 Å². The highest BCUT2D eigenvalue weighted by molar-refractivity contribution is 8.02. The number of carbonyl (C=O) groups excluding carboxylic acids is 1. The van der Waals surface area contributed by atoms with Gasteiger partial charge in [-0.25, -0.2) is 0 Å². The minimum atomic E-state index is -0.184. The Hall–Kier alpha value is -1.02. The summed E-state index contributed by atoms with van der Waals surface area (Å²) in [7, 11) is 0. The first-order valence-corrected chi connectivity index (χ1v) is 8.34. The zero-order valence-corrected chi connectivity index (χ0v) is 13.7.